The third-order valence-electron chi connectivity index (χ3n) is 1.22. The van der Waals surface area contributed by atoms with Gasteiger partial charge in [0.2, 0.25) is 0 Å². The SMILES string of the molecule is CC=Cc1ccnc(Br)c1F. The minimum Gasteiger partial charge on any atom is -0.246 e. The normalized spacial score (nSPS) is 10.8. The molecule has 0 aromatic carbocycles. The van der Waals surface area contributed by atoms with E-state index in [4.69, 9.17) is 0 Å². The zero-order valence-electron chi connectivity index (χ0n) is 6.01. The van der Waals surface area contributed by atoms with Crippen molar-refractivity contribution in [2.75, 3.05) is 0 Å². The highest BCUT2D eigenvalue weighted by Gasteiger charge is 2.02. The molecule has 1 aromatic heterocycles. The van der Waals surface area contributed by atoms with Crippen molar-refractivity contribution in [1.29, 1.82) is 0 Å². The summed E-state index contributed by atoms with van der Waals surface area (Å²) in [5.74, 6) is -0.314. The number of nitrogens with zero attached hydrogens (tertiary/aromatic N) is 1. The lowest BCUT2D eigenvalue weighted by atomic mass is 10.2. The molecule has 0 unspecified atom stereocenters. The van der Waals surface area contributed by atoms with Crippen LogP contribution in [0.1, 0.15) is 12.5 Å². The predicted molar refractivity (Wildman–Crippen MR) is 46.6 cm³/mol. The molecule has 0 fully saturated rings. The van der Waals surface area contributed by atoms with Crippen LogP contribution in [0.2, 0.25) is 0 Å². The maximum atomic E-state index is 13.0. The van der Waals surface area contributed by atoms with Crippen molar-refractivity contribution in [1.82, 2.24) is 4.98 Å². The van der Waals surface area contributed by atoms with Crippen LogP contribution < -0.4 is 0 Å². The maximum Gasteiger partial charge on any atom is 0.163 e. The van der Waals surface area contributed by atoms with Gasteiger partial charge in [0.15, 0.2) is 5.82 Å². The van der Waals surface area contributed by atoms with Gasteiger partial charge in [-0.15, -0.1) is 0 Å². The molecule has 1 nitrogen and oxygen atoms in total. The summed E-state index contributed by atoms with van der Waals surface area (Å²) in [6.07, 6.45) is 5.04. The highest BCUT2D eigenvalue weighted by molar-refractivity contribution is 9.10. The van der Waals surface area contributed by atoms with E-state index in [0.717, 1.165) is 0 Å². The summed E-state index contributed by atoms with van der Waals surface area (Å²) in [5, 5.41) is 0. The number of hydrogen-bond donors (Lipinski definition) is 0. The van der Waals surface area contributed by atoms with E-state index in [1.165, 1.54) is 0 Å². The van der Waals surface area contributed by atoms with Crippen molar-refractivity contribution < 1.29 is 4.39 Å². The van der Waals surface area contributed by atoms with E-state index in [9.17, 15) is 4.39 Å². The fourth-order valence-electron chi connectivity index (χ4n) is 0.740. The average molecular weight is 216 g/mol. The van der Waals surface area contributed by atoms with Gasteiger partial charge in [0.1, 0.15) is 4.60 Å². The van der Waals surface area contributed by atoms with Crippen molar-refractivity contribution in [3.8, 4) is 0 Å². The molecule has 1 aromatic rings. The van der Waals surface area contributed by atoms with Gasteiger partial charge in [-0.2, -0.15) is 0 Å². The van der Waals surface area contributed by atoms with Crippen LogP contribution in [0.3, 0.4) is 0 Å². The van der Waals surface area contributed by atoms with Gasteiger partial charge in [-0.05, 0) is 28.9 Å². The number of pyridine rings is 1. The van der Waals surface area contributed by atoms with Crippen molar-refractivity contribution >= 4 is 22.0 Å². The second kappa shape index (κ2) is 3.62. The van der Waals surface area contributed by atoms with Crippen LogP contribution >= 0.6 is 15.9 Å². The van der Waals surface area contributed by atoms with Crippen LogP contribution in [0.25, 0.3) is 6.08 Å². The Morgan fingerprint density at radius 3 is 3.00 bits per heavy atom. The maximum absolute atomic E-state index is 13.0. The van der Waals surface area contributed by atoms with E-state index in [-0.39, 0.29) is 10.4 Å². The van der Waals surface area contributed by atoms with E-state index in [1.807, 2.05) is 6.92 Å². The van der Waals surface area contributed by atoms with Crippen LogP contribution in [0.5, 0.6) is 0 Å². The van der Waals surface area contributed by atoms with Gasteiger partial charge in [-0.25, -0.2) is 9.37 Å². The highest BCUT2D eigenvalue weighted by atomic mass is 79.9. The average Bonchev–Trinajstić information content (AvgIpc) is 1.99. The standard InChI is InChI=1S/C8H7BrFN/c1-2-3-6-4-5-11-8(9)7(6)10/h2-5H,1H3. The van der Waals surface area contributed by atoms with Gasteiger partial charge in [0.05, 0.1) is 0 Å². The van der Waals surface area contributed by atoms with Crippen LogP contribution in [0.4, 0.5) is 4.39 Å². The Morgan fingerprint density at radius 2 is 2.36 bits per heavy atom. The molecular weight excluding hydrogens is 209 g/mol. The highest BCUT2D eigenvalue weighted by Crippen LogP contribution is 2.16. The topological polar surface area (TPSA) is 12.9 Å². The molecule has 1 rings (SSSR count). The van der Waals surface area contributed by atoms with Gasteiger partial charge in [0.25, 0.3) is 0 Å². The van der Waals surface area contributed by atoms with Crippen LogP contribution in [0, 0.1) is 5.82 Å². The summed E-state index contributed by atoms with van der Waals surface area (Å²) in [6.45, 7) is 1.84. The van der Waals surface area contributed by atoms with E-state index >= 15 is 0 Å². The van der Waals surface area contributed by atoms with Gasteiger partial charge in [-0.1, -0.05) is 12.2 Å². The Balaban J connectivity index is 3.16. The number of halogens is 2. The molecule has 1 heterocycles. The number of rotatable bonds is 1. The first-order valence-electron chi connectivity index (χ1n) is 3.18. The lowest BCUT2D eigenvalue weighted by molar-refractivity contribution is 0.610. The van der Waals surface area contributed by atoms with Crippen molar-refractivity contribution in [3.63, 3.8) is 0 Å². The van der Waals surface area contributed by atoms with E-state index in [2.05, 4.69) is 20.9 Å². The summed E-state index contributed by atoms with van der Waals surface area (Å²) < 4.78 is 13.3. The third-order valence-corrected chi connectivity index (χ3v) is 1.78. The van der Waals surface area contributed by atoms with Crippen LogP contribution in [0.15, 0.2) is 22.9 Å². The molecule has 58 valence electrons. The van der Waals surface area contributed by atoms with Crippen LogP contribution in [-0.2, 0) is 0 Å². The van der Waals surface area contributed by atoms with E-state index in [1.54, 1.807) is 24.4 Å². The fourth-order valence-corrected chi connectivity index (χ4v) is 1.09. The monoisotopic (exact) mass is 215 g/mol. The zero-order valence-corrected chi connectivity index (χ0v) is 7.60. The largest absolute Gasteiger partial charge is 0.246 e. The summed E-state index contributed by atoms with van der Waals surface area (Å²) in [4.78, 5) is 3.73. The smallest absolute Gasteiger partial charge is 0.163 e. The molecule has 0 radical (unpaired) electrons. The van der Waals surface area contributed by atoms with Gasteiger partial charge in [-0.3, -0.25) is 0 Å². The first-order chi connectivity index (χ1) is 5.25. The van der Waals surface area contributed by atoms with E-state index in [0.29, 0.717) is 5.56 Å². The predicted octanol–water partition coefficient (Wildman–Crippen LogP) is 3.02. The first kappa shape index (κ1) is 8.40. The lowest BCUT2D eigenvalue weighted by Crippen LogP contribution is -1.86. The Labute approximate surface area is 73.1 Å². The molecule has 0 N–H and O–H groups in total. The fraction of sp³-hybridized carbons (Fsp3) is 0.125. The second-order valence-electron chi connectivity index (χ2n) is 2.00. The molecule has 0 bridgehead atoms. The Morgan fingerprint density at radius 1 is 1.64 bits per heavy atom. The summed E-state index contributed by atoms with van der Waals surface area (Å²) >= 11 is 3.00. The molecular formula is C8H7BrFN. The molecule has 11 heavy (non-hydrogen) atoms. The molecule has 0 aliphatic heterocycles. The molecule has 0 aliphatic rings. The Bertz CT molecular complexity index is 283. The van der Waals surface area contributed by atoms with E-state index < -0.39 is 0 Å². The minimum atomic E-state index is -0.314. The Hall–Kier alpha value is -0.700. The summed E-state index contributed by atoms with van der Waals surface area (Å²) in [7, 11) is 0. The quantitative estimate of drug-likeness (QED) is 0.657. The molecule has 0 spiro atoms. The lowest BCUT2D eigenvalue weighted by Gasteiger charge is -1.96. The number of aromatic nitrogens is 1. The van der Waals surface area contributed by atoms with Gasteiger partial charge < -0.3 is 0 Å². The molecule has 0 aliphatic carbocycles. The molecule has 0 amide bonds. The summed E-state index contributed by atoms with van der Waals surface area (Å²) in [6, 6.07) is 1.63. The molecule has 0 saturated heterocycles. The van der Waals surface area contributed by atoms with Gasteiger partial charge >= 0.3 is 0 Å². The minimum absolute atomic E-state index is 0.258. The molecule has 0 atom stereocenters. The first-order valence-corrected chi connectivity index (χ1v) is 3.97. The van der Waals surface area contributed by atoms with Gasteiger partial charge in [0, 0.05) is 11.8 Å². The van der Waals surface area contributed by atoms with Crippen LogP contribution in [-0.4, -0.2) is 4.98 Å². The third kappa shape index (κ3) is 1.87. The molecule has 0 saturated carbocycles. The Kier molecular flexibility index (Phi) is 2.76. The summed E-state index contributed by atoms with van der Waals surface area (Å²) in [5.41, 5.74) is 0.550. The molecule has 3 heteroatoms. The second-order valence-corrected chi connectivity index (χ2v) is 2.76. The number of allylic oxidation sites excluding steroid dienone is 1. The zero-order chi connectivity index (χ0) is 8.27. The van der Waals surface area contributed by atoms with Crippen molar-refractivity contribution in [2.45, 2.75) is 6.92 Å². The number of hydrogen-bond acceptors (Lipinski definition) is 1. The van der Waals surface area contributed by atoms with Crippen molar-refractivity contribution in [3.05, 3.63) is 34.3 Å². The van der Waals surface area contributed by atoms with Crippen molar-refractivity contribution in [2.24, 2.45) is 0 Å².